The molecule has 0 aliphatic carbocycles. The first kappa shape index (κ1) is 17.4. The lowest BCUT2D eigenvalue weighted by Gasteiger charge is -2.18. The van der Waals surface area contributed by atoms with Gasteiger partial charge in [-0.3, -0.25) is 0 Å². The van der Waals surface area contributed by atoms with Crippen molar-refractivity contribution < 1.29 is 9.84 Å². The second kappa shape index (κ2) is 7.08. The molecule has 0 aliphatic heterocycles. The van der Waals surface area contributed by atoms with Crippen LogP contribution in [-0.2, 0) is 12.8 Å². The van der Waals surface area contributed by atoms with E-state index in [0.717, 1.165) is 41.7 Å². The fourth-order valence-electron chi connectivity index (χ4n) is 3.41. The molecule has 124 valence electrons. The van der Waals surface area contributed by atoms with Crippen LogP contribution in [0.1, 0.15) is 52.3 Å². The zero-order chi connectivity index (χ0) is 17.1. The van der Waals surface area contributed by atoms with Crippen LogP contribution in [0.4, 0.5) is 0 Å². The number of aryl methyl sites for hydroxylation is 4. The van der Waals surface area contributed by atoms with Crippen molar-refractivity contribution in [1.29, 1.82) is 0 Å². The quantitative estimate of drug-likeness (QED) is 0.824. The van der Waals surface area contributed by atoms with Crippen molar-refractivity contribution in [1.82, 2.24) is 0 Å². The molecule has 2 aromatic rings. The number of methoxy groups -OCH3 is 1. The van der Waals surface area contributed by atoms with E-state index in [9.17, 15) is 5.11 Å². The maximum atomic E-state index is 10.8. The Labute approximate surface area is 140 Å². The van der Waals surface area contributed by atoms with E-state index >= 15 is 0 Å². The number of aromatic hydroxyl groups is 1. The molecule has 0 spiro atoms. The van der Waals surface area contributed by atoms with Crippen molar-refractivity contribution in [2.24, 2.45) is 0 Å². The van der Waals surface area contributed by atoms with Gasteiger partial charge in [0.1, 0.15) is 11.5 Å². The highest BCUT2D eigenvalue weighted by atomic mass is 16.5. The van der Waals surface area contributed by atoms with Crippen LogP contribution < -0.4 is 4.74 Å². The first-order valence-corrected chi connectivity index (χ1v) is 8.34. The average Bonchev–Trinajstić information content (AvgIpc) is 2.48. The molecule has 0 heterocycles. The molecule has 0 aromatic heterocycles. The van der Waals surface area contributed by atoms with Gasteiger partial charge in [0.2, 0.25) is 0 Å². The van der Waals surface area contributed by atoms with Gasteiger partial charge in [-0.15, -0.1) is 0 Å². The minimum absolute atomic E-state index is 0.435. The summed E-state index contributed by atoms with van der Waals surface area (Å²) in [4.78, 5) is 0. The molecule has 0 bridgehead atoms. The molecule has 0 aliphatic rings. The lowest BCUT2D eigenvalue weighted by Crippen LogP contribution is -2.03. The van der Waals surface area contributed by atoms with Crippen molar-refractivity contribution in [3.05, 3.63) is 57.1 Å². The van der Waals surface area contributed by atoms with Crippen LogP contribution in [0.25, 0.3) is 0 Å². The summed E-state index contributed by atoms with van der Waals surface area (Å²) in [5.41, 5.74) is 8.13. The third kappa shape index (κ3) is 3.52. The van der Waals surface area contributed by atoms with E-state index in [1.807, 2.05) is 13.0 Å². The standard InChI is InChI=1S/C21H28O2/c1-7-8-17-11-20(23-6)16(5)19(21(17)22)12-18-14(3)9-13(2)10-15(18)4/h9-11,22H,7-8,12H2,1-6H3. The SMILES string of the molecule is CCCc1cc(OC)c(C)c(Cc2c(C)cc(C)cc2C)c1O. The Morgan fingerprint density at radius 1 is 0.957 bits per heavy atom. The van der Waals surface area contributed by atoms with Gasteiger partial charge in [0.15, 0.2) is 0 Å². The summed E-state index contributed by atoms with van der Waals surface area (Å²) in [6.45, 7) is 10.6. The monoisotopic (exact) mass is 312 g/mol. The van der Waals surface area contributed by atoms with Crippen LogP contribution in [0.15, 0.2) is 18.2 Å². The Balaban J connectivity index is 2.57. The van der Waals surface area contributed by atoms with Crippen molar-refractivity contribution in [3.8, 4) is 11.5 Å². The summed E-state index contributed by atoms with van der Waals surface area (Å²) in [7, 11) is 1.70. The van der Waals surface area contributed by atoms with Crippen molar-refractivity contribution in [2.75, 3.05) is 7.11 Å². The minimum Gasteiger partial charge on any atom is -0.507 e. The van der Waals surface area contributed by atoms with Gasteiger partial charge in [0.05, 0.1) is 7.11 Å². The van der Waals surface area contributed by atoms with Gasteiger partial charge in [-0.05, 0) is 68.0 Å². The van der Waals surface area contributed by atoms with Crippen molar-refractivity contribution >= 4 is 0 Å². The fourth-order valence-corrected chi connectivity index (χ4v) is 3.41. The molecule has 0 unspecified atom stereocenters. The number of rotatable bonds is 5. The Morgan fingerprint density at radius 3 is 2.09 bits per heavy atom. The second-order valence-corrected chi connectivity index (χ2v) is 6.49. The normalized spacial score (nSPS) is 10.9. The summed E-state index contributed by atoms with van der Waals surface area (Å²) in [6.07, 6.45) is 2.60. The number of phenolic OH excluding ortho intramolecular Hbond substituents is 1. The summed E-state index contributed by atoms with van der Waals surface area (Å²) >= 11 is 0. The molecule has 1 N–H and O–H groups in total. The molecule has 0 atom stereocenters. The zero-order valence-electron chi connectivity index (χ0n) is 15.2. The average molecular weight is 312 g/mol. The van der Waals surface area contributed by atoms with Crippen LogP contribution in [-0.4, -0.2) is 12.2 Å². The highest BCUT2D eigenvalue weighted by Gasteiger charge is 2.17. The van der Waals surface area contributed by atoms with E-state index in [4.69, 9.17) is 4.74 Å². The van der Waals surface area contributed by atoms with Gasteiger partial charge in [-0.1, -0.05) is 31.0 Å². The molecule has 23 heavy (non-hydrogen) atoms. The van der Waals surface area contributed by atoms with Crippen LogP contribution in [0, 0.1) is 27.7 Å². The smallest absolute Gasteiger partial charge is 0.122 e. The van der Waals surface area contributed by atoms with Crippen LogP contribution in [0.5, 0.6) is 11.5 Å². The number of hydrogen-bond acceptors (Lipinski definition) is 2. The Morgan fingerprint density at radius 2 is 1.57 bits per heavy atom. The van der Waals surface area contributed by atoms with E-state index in [0.29, 0.717) is 5.75 Å². The summed E-state index contributed by atoms with van der Waals surface area (Å²) in [5.74, 6) is 1.30. The molecule has 0 fully saturated rings. The molecule has 2 rings (SSSR count). The van der Waals surface area contributed by atoms with Gasteiger partial charge in [-0.25, -0.2) is 0 Å². The predicted octanol–water partition coefficient (Wildman–Crippen LogP) is 5.18. The van der Waals surface area contributed by atoms with Crippen LogP contribution in [0.2, 0.25) is 0 Å². The molecule has 2 aromatic carbocycles. The maximum absolute atomic E-state index is 10.8. The van der Waals surface area contributed by atoms with Gasteiger partial charge < -0.3 is 9.84 Å². The third-order valence-corrected chi connectivity index (χ3v) is 4.65. The first-order chi connectivity index (χ1) is 10.9. The molecule has 2 heteroatoms. The first-order valence-electron chi connectivity index (χ1n) is 8.34. The highest BCUT2D eigenvalue weighted by Crippen LogP contribution is 2.36. The number of phenols is 1. The summed E-state index contributed by atoms with van der Waals surface area (Å²) < 4.78 is 5.53. The minimum atomic E-state index is 0.435. The predicted molar refractivity (Wildman–Crippen MR) is 96.8 cm³/mol. The largest absolute Gasteiger partial charge is 0.507 e. The third-order valence-electron chi connectivity index (χ3n) is 4.65. The maximum Gasteiger partial charge on any atom is 0.122 e. The zero-order valence-corrected chi connectivity index (χ0v) is 15.2. The van der Waals surface area contributed by atoms with Gasteiger partial charge in [0.25, 0.3) is 0 Å². The lowest BCUT2D eigenvalue weighted by molar-refractivity contribution is 0.405. The Hall–Kier alpha value is -1.96. The van der Waals surface area contributed by atoms with Gasteiger partial charge in [-0.2, -0.15) is 0 Å². The number of benzene rings is 2. The second-order valence-electron chi connectivity index (χ2n) is 6.49. The van der Waals surface area contributed by atoms with Crippen molar-refractivity contribution in [3.63, 3.8) is 0 Å². The summed E-state index contributed by atoms with van der Waals surface area (Å²) in [5, 5.41) is 10.8. The lowest BCUT2D eigenvalue weighted by atomic mass is 9.90. The van der Waals surface area contributed by atoms with E-state index in [1.54, 1.807) is 7.11 Å². The van der Waals surface area contributed by atoms with Crippen LogP contribution >= 0.6 is 0 Å². The number of ether oxygens (including phenoxy) is 1. The van der Waals surface area contributed by atoms with E-state index < -0.39 is 0 Å². The van der Waals surface area contributed by atoms with Gasteiger partial charge in [0, 0.05) is 12.0 Å². The summed E-state index contributed by atoms with van der Waals surface area (Å²) in [6, 6.07) is 6.40. The van der Waals surface area contributed by atoms with E-state index in [1.165, 1.54) is 22.3 Å². The van der Waals surface area contributed by atoms with E-state index in [2.05, 4.69) is 39.8 Å². The number of hydrogen-bond donors (Lipinski definition) is 1. The van der Waals surface area contributed by atoms with Crippen LogP contribution in [0.3, 0.4) is 0 Å². The van der Waals surface area contributed by atoms with Crippen molar-refractivity contribution in [2.45, 2.75) is 53.9 Å². The Bertz CT molecular complexity index is 691. The van der Waals surface area contributed by atoms with Gasteiger partial charge >= 0.3 is 0 Å². The molecule has 2 nitrogen and oxygen atoms in total. The molecular formula is C21H28O2. The molecule has 0 amide bonds. The molecule has 0 saturated carbocycles. The molecular weight excluding hydrogens is 284 g/mol. The fraction of sp³-hybridized carbons (Fsp3) is 0.429. The molecule has 0 radical (unpaired) electrons. The molecule has 0 saturated heterocycles. The highest BCUT2D eigenvalue weighted by molar-refractivity contribution is 5.55. The Kier molecular flexibility index (Phi) is 5.35. The topological polar surface area (TPSA) is 29.5 Å². The van der Waals surface area contributed by atoms with E-state index in [-0.39, 0.29) is 0 Å².